The first-order chi connectivity index (χ1) is 17.9. The predicted molar refractivity (Wildman–Crippen MR) is 158 cm³/mol. The lowest BCUT2D eigenvalue weighted by molar-refractivity contribution is -0.123. The standard InChI is InChI=1S/C30H33N3O3S2/c1-18-14-19(2)16-22(15-18)31-26(35)25-20(3)24-27(38-25)32-29(37-17-23(34)30(4,5)6)33(28(24)36)13-12-21-10-8-7-9-11-21/h7-11,14-16H,12-13,17H2,1-6H3,(H,31,35). The number of carbonyl (C=O) groups excluding carboxylic acids is 2. The molecule has 2 aromatic carbocycles. The SMILES string of the molecule is Cc1cc(C)cc(NC(=O)c2sc3nc(SCC(=O)C(C)(C)C)n(CCc4ccccc4)c(=O)c3c2C)c1. The highest BCUT2D eigenvalue weighted by atomic mass is 32.2. The average Bonchev–Trinajstić information content (AvgIpc) is 3.17. The topological polar surface area (TPSA) is 81.1 Å². The molecule has 0 fully saturated rings. The number of thioether (sulfide) groups is 1. The van der Waals surface area contributed by atoms with Gasteiger partial charge in [-0.25, -0.2) is 4.98 Å². The zero-order chi connectivity index (χ0) is 27.6. The lowest BCUT2D eigenvalue weighted by atomic mass is 9.92. The zero-order valence-electron chi connectivity index (χ0n) is 22.7. The predicted octanol–water partition coefficient (Wildman–Crippen LogP) is 6.59. The maximum atomic E-state index is 13.8. The van der Waals surface area contributed by atoms with Crippen LogP contribution in [-0.2, 0) is 17.8 Å². The molecule has 0 atom stereocenters. The summed E-state index contributed by atoms with van der Waals surface area (Å²) in [6.07, 6.45) is 0.651. The minimum absolute atomic E-state index is 0.0855. The van der Waals surface area contributed by atoms with E-state index in [0.717, 1.165) is 22.4 Å². The van der Waals surface area contributed by atoms with Gasteiger partial charge in [-0.05, 0) is 61.6 Å². The molecule has 0 aliphatic rings. The van der Waals surface area contributed by atoms with Gasteiger partial charge in [0.1, 0.15) is 10.6 Å². The number of ketones is 1. The minimum Gasteiger partial charge on any atom is -0.321 e. The second-order valence-corrected chi connectivity index (χ2v) is 12.6. The molecule has 4 aromatic rings. The van der Waals surface area contributed by atoms with E-state index >= 15 is 0 Å². The number of aromatic nitrogens is 2. The number of carbonyl (C=O) groups is 2. The fourth-order valence-corrected chi connectivity index (χ4v) is 6.49. The third kappa shape index (κ3) is 6.25. The van der Waals surface area contributed by atoms with E-state index in [-0.39, 0.29) is 23.0 Å². The van der Waals surface area contributed by atoms with Gasteiger partial charge in [0, 0.05) is 17.6 Å². The van der Waals surface area contributed by atoms with Crippen LogP contribution in [0, 0.1) is 26.2 Å². The van der Waals surface area contributed by atoms with E-state index in [1.54, 1.807) is 11.5 Å². The van der Waals surface area contributed by atoms with Crippen LogP contribution < -0.4 is 10.9 Å². The van der Waals surface area contributed by atoms with Gasteiger partial charge in [-0.3, -0.25) is 19.0 Å². The molecule has 0 saturated carbocycles. The minimum atomic E-state index is -0.481. The Morgan fingerprint density at radius 2 is 1.68 bits per heavy atom. The first-order valence-electron chi connectivity index (χ1n) is 12.6. The second kappa shape index (κ2) is 11.3. The Bertz CT molecular complexity index is 1540. The van der Waals surface area contributed by atoms with Crippen LogP contribution in [0.1, 0.15) is 52.7 Å². The van der Waals surface area contributed by atoms with Crippen molar-refractivity contribution < 1.29 is 9.59 Å². The van der Waals surface area contributed by atoms with Gasteiger partial charge in [-0.15, -0.1) is 11.3 Å². The highest BCUT2D eigenvalue weighted by Gasteiger charge is 2.25. The normalized spacial score (nSPS) is 11.6. The summed E-state index contributed by atoms with van der Waals surface area (Å²) in [5.41, 5.74) is 3.90. The van der Waals surface area contributed by atoms with E-state index in [1.165, 1.54) is 23.1 Å². The van der Waals surface area contributed by atoms with Crippen LogP contribution in [0.2, 0.25) is 0 Å². The van der Waals surface area contributed by atoms with Crippen molar-refractivity contribution in [2.24, 2.45) is 5.41 Å². The molecule has 1 N–H and O–H groups in total. The number of anilines is 1. The first-order valence-corrected chi connectivity index (χ1v) is 14.4. The van der Waals surface area contributed by atoms with E-state index in [1.807, 2.05) is 83.1 Å². The van der Waals surface area contributed by atoms with Crippen LogP contribution in [0.15, 0.2) is 58.5 Å². The van der Waals surface area contributed by atoms with Crippen molar-refractivity contribution in [3.63, 3.8) is 0 Å². The number of Topliss-reactive ketones (excluding diaryl/α,β-unsaturated/α-hetero) is 1. The van der Waals surface area contributed by atoms with Gasteiger partial charge in [-0.1, -0.05) is 68.9 Å². The van der Waals surface area contributed by atoms with Crippen molar-refractivity contribution in [3.8, 4) is 0 Å². The fourth-order valence-electron chi connectivity index (χ4n) is 4.19. The molecule has 0 bridgehead atoms. The molecular weight excluding hydrogens is 514 g/mol. The summed E-state index contributed by atoms with van der Waals surface area (Å²) in [5.74, 6) is 0.0437. The maximum absolute atomic E-state index is 13.8. The monoisotopic (exact) mass is 547 g/mol. The van der Waals surface area contributed by atoms with Gasteiger partial charge in [0.05, 0.1) is 16.0 Å². The number of rotatable bonds is 8. The van der Waals surface area contributed by atoms with Gasteiger partial charge < -0.3 is 5.32 Å². The number of nitrogens with one attached hydrogen (secondary N) is 1. The van der Waals surface area contributed by atoms with E-state index in [2.05, 4.69) is 5.32 Å². The molecule has 0 aliphatic carbocycles. The van der Waals surface area contributed by atoms with Crippen molar-refractivity contribution in [1.82, 2.24) is 9.55 Å². The lowest BCUT2D eigenvalue weighted by Crippen LogP contribution is -2.26. The van der Waals surface area contributed by atoms with E-state index in [9.17, 15) is 14.4 Å². The Kier molecular flexibility index (Phi) is 8.23. The van der Waals surface area contributed by atoms with Crippen molar-refractivity contribution in [3.05, 3.63) is 86.0 Å². The summed E-state index contributed by atoms with van der Waals surface area (Å²) >= 11 is 2.50. The van der Waals surface area contributed by atoms with Crippen molar-refractivity contribution >= 4 is 50.7 Å². The Morgan fingerprint density at radius 1 is 1.03 bits per heavy atom. The quantitative estimate of drug-likeness (QED) is 0.199. The number of nitrogens with zero attached hydrogens (tertiary/aromatic N) is 2. The summed E-state index contributed by atoms with van der Waals surface area (Å²) < 4.78 is 1.65. The number of thiophene rings is 1. The summed E-state index contributed by atoms with van der Waals surface area (Å²) in [6.45, 7) is 11.9. The van der Waals surface area contributed by atoms with Gasteiger partial charge in [0.25, 0.3) is 11.5 Å². The number of aryl methyl sites for hydroxylation is 4. The average molecular weight is 548 g/mol. The van der Waals surface area contributed by atoms with Gasteiger partial charge in [-0.2, -0.15) is 0 Å². The summed E-state index contributed by atoms with van der Waals surface area (Å²) in [5, 5.41) is 3.94. The molecule has 198 valence electrons. The van der Waals surface area contributed by atoms with Gasteiger partial charge in [0.15, 0.2) is 5.16 Å². The maximum Gasteiger partial charge on any atom is 0.266 e. The summed E-state index contributed by atoms with van der Waals surface area (Å²) in [6, 6.07) is 15.8. The molecule has 4 rings (SSSR count). The number of fused-ring (bicyclic) bond motifs is 1. The Balaban J connectivity index is 1.73. The molecule has 2 heterocycles. The highest BCUT2D eigenvalue weighted by molar-refractivity contribution is 7.99. The Labute approximate surface area is 231 Å². The lowest BCUT2D eigenvalue weighted by Gasteiger charge is -2.17. The molecule has 8 heteroatoms. The highest BCUT2D eigenvalue weighted by Crippen LogP contribution is 2.31. The van der Waals surface area contributed by atoms with Crippen LogP contribution in [0.5, 0.6) is 0 Å². The van der Waals surface area contributed by atoms with E-state index in [4.69, 9.17) is 4.98 Å². The van der Waals surface area contributed by atoms with Gasteiger partial charge in [0.2, 0.25) is 0 Å². The Morgan fingerprint density at radius 3 is 2.32 bits per heavy atom. The molecular formula is C30H33N3O3S2. The fraction of sp³-hybridized carbons (Fsp3) is 0.333. The van der Waals surface area contributed by atoms with Crippen LogP contribution in [-0.4, -0.2) is 27.0 Å². The molecule has 1 amide bonds. The molecule has 0 spiro atoms. The number of benzene rings is 2. The third-order valence-corrected chi connectivity index (χ3v) is 8.50. The largest absolute Gasteiger partial charge is 0.321 e. The zero-order valence-corrected chi connectivity index (χ0v) is 24.3. The first kappa shape index (κ1) is 27.8. The molecule has 38 heavy (non-hydrogen) atoms. The van der Waals surface area contributed by atoms with E-state index in [0.29, 0.717) is 38.8 Å². The molecule has 0 unspecified atom stereocenters. The summed E-state index contributed by atoms with van der Waals surface area (Å²) in [4.78, 5) is 45.5. The molecule has 6 nitrogen and oxygen atoms in total. The van der Waals surface area contributed by atoms with Crippen molar-refractivity contribution in [2.45, 2.75) is 59.7 Å². The number of hydrogen-bond donors (Lipinski definition) is 1. The van der Waals surface area contributed by atoms with Crippen LogP contribution in [0.3, 0.4) is 0 Å². The molecule has 2 aromatic heterocycles. The van der Waals surface area contributed by atoms with Crippen LogP contribution in [0.4, 0.5) is 5.69 Å². The number of hydrogen-bond acceptors (Lipinski definition) is 6. The van der Waals surface area contributed by atoms with Crippen molar-refractivity contribution in [2.75, 3.05) is 11.1 Å². The second-order valence-electron chi connectivity index (χ2n) is 10.6. The third-order valence-electron chi connectivity index (χ3n) is 6.34. The smallest absolute Gasteiger partial charge is 0.266 e. The van der Waals surface area contributed by atoms with Crippen LogP contribution >= 0.6 is 23.1 Å². The van der Waals surface area contributed by atoms with Crippen LogP contribution in [0.25, 0.3) is 10.2 Å². The molecule has 0 aliphatic heterocycles. The summed E-state index contributed by atoms with van der Waals surface area (Å²) in [7, 11) is 0. The van der Waals surface area contributed by atoms with Crippen molar-refractivity contribution in [1.29, 1.82) is 0 Å². The molecule has 0 radical (unpaired) electrons. The number of amides is 1. The Hall–Kier alpha value is -3.23. The van der Waals surface area contributed by atoms with E-state index < -0.39 is 5.41 Å². The molecule has 0 saturated heterocycles. The van der Waals surface area contributed by atoms with Gasteiger partial charge >= 0.3 is 0 Å².